The van der Waals surface area contributed by atoms with Gasteiger partial charge in [0.25, 0.3) is 0 Å². The van der Waals surface area contributed by atoms with Gasteiger partial charge >= 0.3 is 0 Å². The van der Waals surface area contributed by atoms with Crippen molar-refractivity contribution >= 4 is 58.0 Å². The third kappa shape index (κ3) is 6.03. The summed E-state index contributed by atoms with van der Waals surface area (Å²) in [6.45, 7) is 6.30. The number of pyridine rings is 1. The van der Waals surface area contributed by atoms with Crippen LogP contribution in [0.3, 0.4) is 0 Å². The standard InChI is InChI=1S/C19H24N6S.HI/c1-13-14(2)26-18(24-13)12-23-19(20-3)22-11-10-21-17-9-8-15-6-4-5-7-16(15)25-17;/h4-9H,10-12H2,1-3H3,(H,21,25)(H2,20,22,23);1H. The molecule has 3 N–H and O–H groups in total. The van der Waals surface area contributed by atoms with Crippen LogP contribution in [-0.4, -0.2) is 36.1 Å². The molecule has 0 amide bonds. The van der Waals surface area contributed by atoms with Gasteiger partial charge in [-0.3, -0.25) is 4.99 Å². The SMILES string of the molecule is CN=C(NCCNc1ccc2ccccc2n1)NCc1nc(C)c(C)s1.I. The summed E-state index contributed by atoms with van der Waals surface area (Å²) in [6.07, 6.45) is 0. The number of aryl methyl sites for hydroxylation is 2. The minimum absolute atomic E-state index is 0. The van der Waals surface area contributed by atoms with Crippen LogP contribution in [0, 0.1) is 13.8 Å². The number of nitrogens with one attached hydrogen (secondary N) is 3. The molecule has 0 saturated carbocycles. The second kappa shape index (κ2) is 10.4. The number of rotatable bonds is 6. The highest BCUT2D eigenvalue weighted by atomic mass is 127. The van der Waals surface area contributed by atoms with Gasteiger partial charge in [0, 0.05) is 30.4 Å². The fraction of sp³-hybridized carbons (Fsp3) is 0.316. The third-order valence-electron chi connectivity index (χ3n) is 4.03. The van der Waals surface area contributed by atoms with Gasteiger partial charge in [0.05, 0.1) is 17.8 Å². The van der Waals surface area contributed by atoms with Crippen molar-refractivity contribution in [1.82, 2.24) is 20.6 Å². The highest BCUT2D eigenvalue weighted by Gasteiger charge is 2.04. The third-order valence-corrected chi connectivity index (χ3v) is 5.10. The summed E-state index contributed by atoms with van der Waals surface area (Å²) >= 11 is 1.72. The zero-order valence-electron chi connectivity index (χ0n) is 15.7. The average molecular weight is 496 g/mol. The second-order valence-electron chi connectivity index (χ2n) is 5.92. The van der Waals surface area contributed by atoms with Crippen molar-refractivity contribution in [2.45, 2.75) is 20.4 Å². The lowest BCUT2D eigenvalue weighted by molar-refractivity contribution is 0.806. The summed E-state index contributed by atoms with van der Waals surface area (Å²) in [5.74, 6) is 1.64. The van der Waals surface area contributed by atoms with E-state index >= 15 is 0 Å². The number of hydrogen-bond donors (Lipinski definition) is 3. The molecule has 0 spiro atoms. The van der Waals surface area contributed by atoms with E-state index in [0.717, 1.165) is 46.5 Å². The molecule has 0 saturated heterocycles. The number of aromatic nitrogens is 2. The second-order valence-corrected chi connectivity index (χ2v) is 7.21. The lowest BCUT2D eigenvalue weighted by atomic mass is 10.2. The van der Waals surface area contributed by atoms with E-state index in [0.29, 0.717) is 6.54 Å². The number of aliphatic imine (C=N–C) groups is 1. The van der Waals surface area contributed by atoms with Gasteiger partial charge in [-0.1, -0.05) is 18.2 Å². The molecule has 0 aliphatic heterocycles. The Morgan fingerprint density at radius 3 is 2.59 bits per heavy atom. The highest BCUT2D eigenvalue weighted by molar-refractivity contribution is 14.0. The molecule has 144 valence electrons. The van der Waals surface area contributed by atoms with Gasteiger partial charge in [0.15, 0.2) is 5.96 Å². The molecule has 0 atom stereocenters. The maximum absolute atomic E-state index is 4.61. The zero-order valence-corrected chi connectivity index (χ0v) is 18.9. The van der Waals surface area contributed by atoms with Gasteiger partial charge in [-0.25, -0.2) is 9.97 Å². The molecule has 1 aromatic carbocycles. The molecule has 8 heteroatoms. The smallest absolute Gasteiger partial charge is 0.191 e. The van der Waals surface area contributed by atoms with Crippen LogP contribution < -0.4 is 16.0 Å². The Hall–Kier alpha value is -1.94. The molecule has 0 fully saturated rings. The molecule has 0 radical (unpaired) electrons. The number of guanidine groups is 1. The maximum atomic E-state index is 4.61. The van der Waals surface area contributed by atoms with Crippen molar-refractivity contribution in [2.75, 3.05) is 25.5 Å². The van der Waals surface area contributed by atoms with Crippen molar-refractivity contribution in [1.29, 1.82) is 0 Å². The number of benzene rings is 1. The quantitative estimate of drug-likeness (QED) is 0.210. The Morgan fingerprint density at radius 2 is 1.85 bits per heavy atom. The molecule has 3 rings (SSSR count). The summed E-state index contributed by atoms with van der Waals surface area (Å²) in [4.78, 5) is 14.6. The van der Waals surface area contributed by atoms with Crippen LogP contribution >= 0.6 is 35.3 Å². The molecule has 0 aliphatic rings. The molecular weight excluding hydrogens is 471 g/mol. The van der Waals surface area contributed by atoms with E-state index in [1.807, 2.05) is 31.2 Å². The molecule has 6 nitrogen and oxygen atoms in total. The predicted octanol–water partition coefficient (Wildman–Crippen LogP) is 3.70. The van der Waals surface area contributed by atoms with E-state index in [1.165, 1.54) is 4.88 Å². The van der Waals surface area contributed by atoms with Crippen molar-refractivity contribution in [3.8, 4) is 0 Å². The Morgan fingerprint density at radius 1 is 1.04 bits per heavy atom. The Balaban J connectivity index is 0.00000261. The van der Waals surface area contributed by atoms with Gasteiger partial charge in [0.1, 0.15) is 10.8 Å². The predicted molar refractivity (Wildman–Crippen MR) is 125 cm³/mol. The summed E-state index contributed by atoms with van der Waals surface area (Å²) in [7, 11) is 1.77. The van der Waals surface area contributed by atoms with Crippen LogP contribution in [0.15, 0.2) is 41.4 Å². The van der Waals surface area contributed by atoms with Gasteiger partial charge in [-0.15, -0.1) is 35.3 Å². The number of para-hydroxylation sites is 1. The van der Waals surface area contributed by atoms with E-state index < -0.39 is 0 Å². The molecule has 0 bridgehead atoms. The first-order chi connectivity index (χ1) is 12.7. The van der Waals surface area contributed by atoms with Gasteiger partial charge < -0.3 is 16.0 Å². The Kier molecular flexibility index (Phi) is 8.23. The normalized spacial score (nSPS) is 11.1. The molecule has 0 unspecified atom stereocenters. The van der Waals surface area contributed by atoms with Crippen LogP contribution in [0.25, 0.3) is 10.9 Å². The highest BCUT2D eigenvalue weighted by Crippen LogP contribution is 2.16. The average Bonchev–Trinajstić information content (AvgIpc) is 2.98. The number of hydrogen-bond acceptors (Lipinski definition) is 5. The summed E-state index contributed by atoms with van der Waals surface area (Å²) < 4.78 is 0. The lowest BCUT2D eigenvalue weighted by Gasteiger charge is -2.12. The Bertz CT molecular complexity index is 889. The number of halogens is 1. The van der Waals surface area contributed by atoms with E-state index in [1.54, 1.807) is 18.4 Å². The van der Waals surface area contributed by atoms with Crippen molar-refractivity contribution in [2.24, 2.45) is 4.99 Å². The minimum atomic E-state index is 0. The van der Waals surface area contributed by atoms with Crippen LogP contribution in [0.1, 0.15) is 15.6 Å². The van der Waals surface area contributed by atoms with Crippen LogP contribution in [0.5, 0.6) is 0 Å². The van der Waals surface area contributed by atoms with E-state index in [-0.39, 0.29) is 24.0 Å². The molecular formula is C19H25IN6S. The number of thiazole rings is 1. The molecule has 0 aliphatic carbocycles. The topological polar surface area (TPSA) is 74.2 Å². The molecule has 2 aromatic heterocycles. The summed E-state index contributed by atoms with van der Waals surface area (Å²) in [6, 6.07) is 12.2. The molecule has 27 heavy (non-hydrogen) atoms. The monoisotopic (exact) mass is 496 g/mol. The first-order valence-corrected chi connectivity index (χ1v) is 9.44. The van der Waals surface area contributed by atoms with Crippen molar-refractivity contribution in [3.63, 3.8) is 0 Å². The maximum Gasteiger partial charge on any atom is 0.191 e. The molecule has 2 heterocycles. The van der Waals surface area contributed by atoms with E-state index in [2.05, 4.69) is 50.0 Å². The fourth-order valence-corrected chi connectivity index (χ4v) is 3.40. The lowest BCUT2D eigenvalue weighted by Crippen LogP contribution is -2.39. The molecule has 3 aromatic rings. The Labute approximate surface area is 180 Å². The van der Waals surface area contributed by atoms with Crippen LogP contribution in [0.2, 0.25) is 0 Å². The van der Waals surface area contributed by atoms with Crippen LogP contribution in [-0.2, 0) is 6.54 Å². The van der Waals surface area contributed by atoms with Gasteiger partial charge in [-0.05, 0) is 32.0 Å². The largest absolute Gasteiger partial charge is 0.368 e. The number of fused-ring (bicyclic) bond motifs is 1. The summed E-state index contributed by atoms with van der Waals surface area (Å²) in [5.41, 5.74) is 2.10. The first-order valence-electron chi connectivity index (χ1n) is 8.63. The minimum Gasteiger partial charge on any atom is -0.368 e. The first kappa shape index (κ1) is 21.4. The number of nitrogens with zero attached hydrogens (tertiary/aromatic N) is 3. The van der Waals surface area contributed by atoms with Crippen LogP contribution in [0.4, 0.5) is 5.82 Å². The van der Waals surface area contributed by atoms with E-state index in [9.17, 15) is 0 Å². The van der Waals surface area contributed by atoms with Crippen molar-refractivity contribution in [3.05, 3.63) is 52.0 Å². The van der Waals surface area contributed by atoms with Gasteiger partial charge in [0.2, 0.25) is 0 Å². The summed E-state index contributed by atoms with van der Waals surface area (Å²) in [5, 5.41) is 12.1. The fourth-order valence-electron chi connectivity index (χ4n) is 2.53. The number of anilines is 1. The van der Waals surface area contributed by atoms with E-state index in [4.69, 9.17) is 0 Å². The van der Waals surface area contributed by atoms with Gasteiger partial charge in [-0.2, -0.15) is 0 Å². The zero-order chi connectivity index (χ0) is 18.4. The van der Waals surface area contributed by atoms with Crippen molar-refractivity contribution < 1.29 is 0 Å².